The zero-order valence-electron chi connectivity index (χ0n) is 15.2. The Morgan fingerprint density at radius 3 is 2.50 bits per heavy atom. The molecule has 6 nitrogen and oxygen atoms in total. The number of aromatic hydroxyl groups is 1. The third kappa shape index (κ3) is 3.39. The van der Waals surface area contributed by atoms with E-state index >= 15 is 0 Å². The fourth-order valence-corrected chi connectivity index (χ4v) is 3.71. The number of rotatable bonds is 3. The summed E-state index contributed by atoms with van der Waals surface area (Å²) in [6.07, 6.45) is 2.89. The van der Waals surface area contributed by atoms with Crippen LogP contribution in [-0.2, 0) is 4.79 Å². The summed E-state index contributed by atoms with van der Waals surface area (Å²) in [5.74, 6) is 0.984. The first kappa shape index (κ1) is 18.3. The third-order valence-corrected chi connectivity index (χ3v) is 5.26. The number of carbonyl (C=O) groups is 1. The van der Waals surface area contributed by atoms with Crippen molar-refractivity contribution >= 4 is 34.2 Å². The van der Waals surface area contributed by atoms with Gasteiger partial charge in [0.2, 0.25) is 5.91 Å². The lowest BCUT2D eigenvalue weighted by Gasteiger charge is -2.35. The van der Waals surface area contributed by atoms with Gasteiger partial charge in [-0.1, -0.05) is 30.3 Å². The second kappa shape index (κ2) is 7.48. The highest BCUT2D eigenvalue weighted by molar-refractivity contribution is 6.34. The molecule has 0 bridgehead atoms. The number of phenolic OH excluding ortho intramolecular Hbond substituents is 1. The number of nitrogens with zero attached hydrogens (tertiary/aromatic N) is 4. The molecule has 142 valence electrons. The molecule has 3 aromatic rings. The van der Waals surface area contributed by atoms with Gasteiger partial charge in [-0.05, 0) is 35.9 Å². The number of hydrogen-bond donors (Lipinski definition) is 1. The van der Waals surface area contributed by atoms with E-state index in [2.05, 4.69) is 21.4 Å². The minimum Gasteiger partial charge on any atom is -0.508 e. The van der Waals surface area contributed by atoms with Crippen molar-refractivity contribution in [2.75, 3.05) is 31.1 Å². The van der Waals surface area contributed by atoms with Crippen molar-refractivity contribution in [3.63, 3.8) is 0 Å². The summed E-state index contributed by atoms with van der Waals surface area (Å²) in [7, 11) is 0. The molecule has 0 radical (unpaired) electrons. The molecule has 1 aliphatic rings. The first-order valence-electron chi connectivity index (χ1n) is 8.97. The van der Waals surface area contributed by atoms with Crippen LogP contribution in [0, 0.1) is 0 Å². The van der Waals surface area contributed by atoms with Crippen LogP contribution in [0.15, 0.2) is 55.4 Å². The summed E-state index contributed by atoms with van der Waals surface area (Å²) in [6, 6.07) is 10.7. The van der Waals surface area contributed by atoms with Gasteiger partial charge in [0, 0.05) is 37.1 Å². The minimum absolute atomic E-state index is 0.0476. The molecule has 2 heterocycles. The molecule has 0 aliphatic carbocycles. The van der Waals surface area contributed by atoms with E-state index in [0.29, 0.717) is 31.2 Å². The van der Waals surface area contributed by atoms with E-state index in [9.17, 15) is 9.90 Å². The van der Waals surface area contributed by atoms with Crippen molar-refractivity contribution in [1.82, 2.24) is 14.9 Å². The Hall–Kier alpha value is -3.12. The first-order chi connectivity index (χ1) is 13.6. The third-order valence-electron chi connectivity index (χ3n) is 4.95. The predicted molar refractivity (Wildman–Crippen MR) is 111 cm³/mol. The standard InChI is InChI=1S/C21H19ClN4O2/c1-2-20(28)25-7-9-26(10-8-25)21-17-11-16(14-3-5-15(27)6-4-14)18(22)12-19(17)23-13-24-21/h2-6,11-13,27H,1,7-10H2. The van der Waals surface area contributed by atoms with Crippen molar-refractivity contribution in [2.45, 2.75) is 0 Å². The van der Waals surface area contributed by atoms with Gasteiger partial charge in [-0.2, -0.15) is 0 Å². The van der Waals surface area contributed by atoms with Crippen LogP contribution in [0.5, 0.6) is 5.75 Å². The molecule has 0 spiro atoms. The van der Waals surface area contributed by atoms with Crippen LogP contribution < -0.4 is 4.90 Å². The summed E-state index contributed by atoms with van der Waals surface area (Å²) in [4.78, 5) is 24.6. The van der Waals surface area contributed by atoms with Crippen LogP contribution in [0.4, 0.5) is 5.82 Å². The zero-order chi connectivity index (χ0) is 19.7. The fourth-order valence-electron chi connectivity index (χ4n) is 3.45. The van der Waals surface area contributed by atoms with E-state index in [0.717, 1.165) is 27.8 Å². The highest BCUT2D eigenvalue weighted by Crippen LogP contribution is 2.35. The number of hydrogen-bond acceptors (Lipinski definition) is 5. The zero-order valence-corrected chi connectivity index (χ0v) is 15.9. The first-order valence-corrected chi connectivity index (χ1v) is 9.34. The number of amides is 1. The van der Waals surface area contributed by atoms with Crippen LogP contribution >= 0.6 is 11.6 Å². The summed E-state index contributed by atoms with van der Waals surface area (Å²) in [6.45, 7) is 6.16. The summed E-state index contributed by atoms with van der Waals surface area (Å²) in [5.41, 5.74) is 2.52. The lowest BCUT2D eigenvalue weighted by Crippen LogP contribution is -2.48. The van der Waals surface area contributed by atoms with Crippen molar-refractivity contribution < 1.29 is 9.90 Å². The molecule has 0 unspecified atom stereocenters. The SMILES string of the molecule is C=CC(=O)N1CCN(c2ncnc3cc(Cl)c(-c4ccc(O)cc4)cc23)CC1. The number of piperazine rings is 1. The van der Waals surface area contributed by atoms with Crippen LogP contribution in [0.2, 0.25) is 5.02 Å². The van der Waals surface area contributed by atoms with Gasteiger partial charge in [-0.25, -0.2) is 9.97 Å². The molecular weight excluding hydrogens is 376 g/mol. The Balaban J connectivity index is 1.72. The number of aromatic nitrogens is 2. The molecule has 1 aromatic heterocycles. The number of anilines is 1. The molecule has 7 heteroatoms. The molecular formula is C21H19ClN4O2. The molecule has 1 saturated heterocycles. The van der Waals surface area contributed by atoms with Gasteiger partial charge < -0.3 is 14.9 Å². The largest absolute Gasteiger partial charge is 0.508 e. The van der Waals surface area contributed by atoms with E-state index in [1.54, 1.807) is 17.0 Å². The molecule has 0 saturated carbocycles. The van der Waals surface area contributed by atoms with Crippen LogP contribution in [0.3, 0.4) is 0 Å². The lowest BCUT2D eigenvalue weighted by molar-refractivity contribution is -0.126. The number of carbonyl (C=O) groups excluding carboxylic acids is 1. The quantitative estimate of drug-likeness (QED) is 0.688. The van der Waals surface area contributed by atoms with Crippen LogP contribution in [-0.4, -0.2) is 52.1 Å². The molecule has 4 rings (SSSR count). The van der Waals surface area contributed by atoms with Crippen LogP contribution in [0.1, 0.15) is 0 Å². The Morgan fingerprint density at radius 2 is 1.82 bits per heavy atom. The van der Waals surface area contributed by atoms with Crippen LogP contribution in [0.25, 0.3) is 22.0 Å². The Morgan fingerprint density at radius 1 is 1.11 bits per heavy atom. The molecule has 1 N–H and O–H groups in total. The fraction of sp³-hybridized carbons (Fsp3) is 0.190. The van der Waals surface area contributed by atoms with E-state index < -0.39 is 0 Å². The summed E-state index contributed by atoms with van der Waals surface area (Å²) < 4.78 is 0. The molecule has 1 aliphatic heterocycles. The molecule has 0 atom stereocenters. The lowest BCUT2D eigenvalue weighted by atomic mass is 10.0. The van der Waals surface area contributed by atoms with Gasteiger partial charge in [0.15, 0.2) is 0 Å². The Kier molecular flexibility index (Phi) is 4.88. The van der Waals surface area contributed by atoms with E-state index in [1.807, 2.05) is 24.3 Å². The minimum atomic E-state index is -0.0476. The number of fused-ring (bicyclic) bond motifs is 1. The maximum Gasteiger partial charge on any atom is 0.246 e. The predicted octanol–water partition coefficient (Wildman–Crippen LogP) is 3.49. The van der Waals surface area contributed by atoms with Gasteiger partial charge in [-0.3, -0.25) is 4.79 Å². The topological polar surface area (TPSA) is 69.6 Å². The highest BCUT2D eigenvalue weighted by atomic mass is 35.5. The average Bonchev–Trinajstić information content (AvgIpc) is 2.73. The maximum atomic E-state index is 11.8. The van der Waals surface area contributed by atoms with Crippen molar-refractivity contribution in [3.05, 3.63) is 60.4 Å². The van der Waals surface area contributed by atoms with Gasteiger partial charge in [0.1, 0.15) is 17.9 Å². The molecule has 1 fully saturated rings. The smallest absolute Gasteiger partial charge is 0.246 e. The summed E-state index contributed by atoms with van der Waals surface area (Å²) in [5, 5.41) is 11.0. The van der Waals surface area contributed by atoms with Crippen molar-refractivity contribution in [3.8, 4) is 16.9 Å². The van der Waals surface area contributed by atoms with E-state index in [1.165, 1.54) is 12.4 Å². The van der Waals surface area contributed by atoms with Crippen molar-refractivity contribution in [1.29, 1.82) is 0 Å². The molecule has 1 amide bonds. The second-order valence-corrected chi connectivity index (χ2v) is 7.02. The normalized spacial score (nSPS) is 14.3. The van der Waals surface area contributed by atoms with Crippen molar-refractivity contribution in [2.24, 2.45) is 0 Å². The molecule has 2 aromatic carbocycles. The Bertz CT molecular complexity index is 1040. The monoisotopic (exact) mass is 394 g/mol. The van der Waals surface area contributed by atoms with E-state index in [-0.39, 0.29) is 11.7 Å². The van der Waals surface area contributed by atoms with Gasteiger partial charge in [-0.15, -0.1) is 0 Å². The highest BCUT2D eigenvalue weighted by Gasteiger charge is 2.22. The number of benzene rings is 2. The molecule has 28 heavy (non-hydrogen) atoms. The van der Waals surface area contributed by atoms with E-state index in [4.69, 9.17) is 11.6 Å². The van der Waals surface area contributed by atoms with Gasteiger partial charge in [0.25, 0.3) is 0 Å². The Labute approximate surface area is 167 Å². The second-order valence-electron chi connectivity index (χ2n) is 6.61. The summed E-state index contributed by atoms with van der Waals surface area (Å²) >= 11 is 6.50. The maximum absolute atomic E-state index is 11.8. The van der Waals surface area contributed by atoms with Gasteiger partial charge >= 0.3 is 0 Å². The number of phenols is 1. The van der Waals surface area contributed by atoms with Gasteiger partial charge in [0.05, 0.1) is 10.5 Å². The number of halogens is 1. The average molecular weight is 395 g/mol.